The van der Waals surface area contributed by atoms with Crippen molar-refractivity contribution < 1.29 is 29.9 Å². The Morgan fingerprint density at radius 3 is 2.18 bits per heavy atom. The summed E-state index contributed by atoms with van der Waals surface area (Å²) in [5.74, 6) is -0.712. The minimum Gasteiger partial charge on any atom is -0.504 e. The highest BCUT2D eigenvalue weighted by molar-refractivity contribution is 5.08. The first-order chi connectivity index (χ1) is 10.6. The van der Waals surface area contributed by atoms with Crippen molar-refractivity contribution in [1.82, 2.24) is 0 Å². The summed E-state index contributed by atoms with van der Waals surface area (Å²) in [5.41, 5.74) is 0. The van der Waals surface area contributed by atoms with E-state index in [1.54, 1.807) is 0 Å². The van der Waals surface area contributed by atoms with Gasteiger partial charge in [-0.3, -0.25) is 0 Å². The summed E-state index contributed by atoms with van der Waals surface area (Å²) in [5, 5.41) is 37.9. The second-order valence-electron chi connectivity index (χ2n) is 5.77. The van der Waals surface area contributed by atoms with E-state index >= 15 is 0 Å². The molecule has 0 radical (unpaired) electrons. The predicted octanol–water partition coefficient (Wildman–Crippen LogP) is 1.98. The lowest BCUT2D eigenvalue weighted by Gasteiger charge is -2.31. The zero-order valence-electron chi connectivity index (χ0n) is 13.4. The molecule has 130 valence electrons. The number of aliphatic hydroxyl groups excluding tert-OH is 4. The normalized spacial score (nSPS) is 25.2. The van der Waals surface area contributed by atoms with E-state index in [2.05, 4.69) is 6.92 Å². The van der Waals surface area contributed by atoms with Gasteiger partial charge in [0, 0.05) is 0 Å². The highest BCUT2D eigenvalue weighted by Crippen LogP contribution is 2.24. The van der Waals surface area contributed by atoms with Gasteiger partial charge in [0.05, 0.1) is 13.2 Å². The molecular formula is C16H30O6. The molecule has 0 saturated heterocycles. The highest BCUT2D eigenvalue weighted by Gasteiger charge is 2.39. The van der Waals surface area contributed by atoms with Crippen molar-refractivity contribution in [2.75, 3.05) is 13.2 Å². The van der Waals surface area contributed by atoms with Gasteiger partial charge in [-0.2, -0.15) is 0 Å². The molecule has 0 aromatic carbocycles. The van der Waals surface area contributed by atoms with Gasteiger partial charge in [-0.15, -0.1) is 0 Å². The van der Waals surface area contributed by atoms with E-state index in [0.29, 0.717) is 6.61 Å². The topological polar surface area (TPSA) is 99.4 Å². The molecule has 22 heavy (non-hydrogen) atoms. The molecule has 0 amide bonds. The Labute approximate surface area is 132 Å². The fourth-order valence-corrected chi connectivity index (χ4v) is 2.41. The van der Waals surface area contributed by atoms with Crippen LogP contribution in [0.25, 0.3) is 0 Å². The summed E-state index contributed by atoms with van der Waals surface area (Å²) in [4.78, 5) is 0. The largest absolute Gasteiger partial charge is 0.504 e. The van der Waals surface area contributed by atoms with Crippen molar-refractivity contribution >= 4 is 0 Å². The fraction of sp³-hybridized carbons (Fsp3) is 0.875. The zero-order valence-corrected chi connectivity index (χ0v) is 13.4. The number of hydrogen-bond donors (Lipinski definition) is 4. The van der Waals surface area contributed by atoms with Gasteiger partial charge in [-0.25, -0.2) is 0 Å². The van der Waals surface area contributed by atoms with Gasteiger partial charge in [-0.05, 0) is 6.42 Å². The molecule has 1 rings (SSSR count). The molecule has 0 aromatic rings. The van der Waals surface area contributed by atoms with Gasteiger partial charge >= 0.3 is 5.95 Å². The van der Waals surface area contributed by atoms with E-state index in [0.717, 1.165) is 19.3 Å². The average Bonchev–Trinajstić information content (AvgIpc) is 2.53. The average molecular weight is 318 g/mol. The lowest BCUT2D eigenvalue weighted by molar-refractivity contribution is -0.148. The molecule has 0 spiro atoms. The zero-order chi connectivity index (χ0) is 16.4. The SMILES string of the molecule is CCCCCCCCCCOC1=C(O)[C@@H](O)[C@H](O)[C@@H](CO)O1. The fourth-order valence-electron chi connectivity index (χ4n) is 2.41. The van der Waals surface area contributed by atoms with Crippen molar-refractivity contribution in [1.29, 1.82) is 0 Å². The number of ether oxygens (including phenoxy) is 2. The van der Waals surface area contributed by atoms with Crippen molar-refractivity contribution in [3.63, 3.8) is 0 Å². The second kappa shape index (κ2) is 10.7. The van der Waals surface area contributed by atoms with Crippen LogP contribution in [0.2, 0.25) is 0 Å². The summed E-state index contributed by atoms with van der Waals surface area (Å²) >= 11 is 0. The summed E-state index contributed by atoms with van der Waals surface area (Å²) in [7, 11) is 0. The Balaban J connectivity index is 2.18. The maximum atomic E-state index is 9.68. The third kappa shape index (κ3) is 6.02. The lowest BCUT2D eigenvalue weighted by atomic mass is 10.0. The maximum Gasteiger partial charge on any atom is 0.322 e. The van der Waals surface area contributed by atoms with Crippen molar-refractivity contribution in [3.8, 4) is 0 Å². The summed E-state index contributed by atoms with van der Waals surface area (Å²) < 4.78 is 10.5. The van der Waals surface area contributed by atoms with Gasteiger partial charge in [0.2, 0.25) is 5.76 Å². The molecule has 0 fully saturated rings. The first kappa shape index (κ1) is 19.1. The lowest BCUT2D eigenvalue weighted by Crippen LogP contribution is -2.46. The molecule has 0 saturated carbocycles. The Kier molecular flexibility index (Phi) is 9.27. The third-order valence-electron chi connectivity index (χ3n) is 3.86. The number of rotatable bonds is 11. The van der Waals surface area contributed by atoms with Gasteiger partial charge in [0.15, 0.2) is 6.10 Å². The van der Waals surface area contributed by atoms with Gasteiger partial charge in [0.1, 0.15) is 12.2 Å². The maximum absolute atomic E-state index is 9.68. The Bertz CT molecular complexity index is 331. The van der Waals surface area contributed by atoms with E-state index in [1.165, 1.54) is 32.1 Å². The van der Waals surface area contributed by atoms with Gasteiger partial charge in [0.25, 0.3) is 0 Å². The quantitative estimate of drug-likeness (QED) is 0.435. The summed E-state index contributed by atoms with van der Waals surface area (Å²) in [6.07, 6.45) is 5.53. The molecule has 6 nitrogen and oxygen atoms in total. The Morgan fingerprint density at radius 1 is 1.00 bits per heavy atom. The molecule has 0 aliphatic carbocycles. The standard InChI is InChI=1S/C16H30O6/c1-2-3-4-5-6-7-8-9-10-21-16-15(20)14(19)13(18)12(11-17)22-16/h12-14,17-20H,2-11H2,1H3/t12-,13-,14+/m1/s1. The van der Waals surface area contributed by atoms with Crippen LogP contribution in [0.5, 0.6) is 0 Å². The van der Waals surface area contributed by atoms with E-state index in [-0.39, 0.29) is 5.95 Å². The molecule has 0 aromatic heterocycles. The van der Waals surface area contributed by atoms with E-state index in [9.17, 15) is 15.3 Å². The predicted molar refractivity (Wildman–Crippen MR) is 82.2 cm³/mol. The summed E-state index contributed by atoms with van der Waals surface area (Å²) in [6.45, 7) is 2.11. The van der Waals surface area contributed by atoms with Crippen LogP contribution in [0.3, 0.4) is 0 Å². The molecule has 1 aliphatic heterocycles. The number of hydrogen-bond acceptors (Lipinski definition) is 6. The number of aliphatic hydroxyl groups is 4. The molecule has 3 atom stereocenters. The van der Waals surface area contributed by atoms with Crippen LogP contribution in [0.15, 0.2) is 11.7 Å². The van der Waals surface area contributed by atoms with Crippen LogP contribution in [0.1, 0.15) is 58.3 Å². The first-order valence-corrected chi connectivity index (χ1v) is 8.31. The van der Waals surface area contributed by atoms with E-state index < -0.39 is 30.7 Å². The van der Waals surface area contributed by atoms with Crippen LogP contribution in [-0.2, 0) is 9.47 Å². The number of unbranched alkanes of at least 4 members (excludes halogenated alkanes) is 7. The molecular weight excluding hydrogens is 288 g/mol. The molecule has 4 N–H and O–H groups in total. The Hall–Kier alpha value is -0.980. The minimum atomic E-state index is -1.49. The third-order valence-corrected chi connectivity index (χ3v) is 3.86. The smallest absolute Gasteiger partial charge is 0.322 e. The monoisotopic (exact) mass is 318 g/mol. The molecule has 1 heterocycles. The molecule has 6 heteroatoms. The molecule has 1 aliphatic rings. The molecule has 0 unspecified atom stereocenters. The summed E-state index contributed by atoms with van der Waals surface area (Å²) in [6, 6.07) is 0. The van der Waals surface area contributed by atoms with Crippen molar-refractivity contribution in [3.05, 3.63) is 11.7 Å². The minimum absolute atomic E-state index is 0.195. The van der Waals surface area contributed by atoms with Crippen LogP contribution in [-0.4, -0.2) is 52.0 Å². The van der Waals surface area contributed by atoms with E-state index in [4.69, 9.17) is 14.6 Å². The van der Waals surface area contributed by atoms with Crippen LogP contribution in [0, 0.1) is 0 Å². The second-order valence-corrected chi connectivity index (χ2v) is 5.77. The first-order valence-electron chi connectivity index (χ1n) is 8.31. The van der Waals surface area contributed by atoms with Crippen molar-refractivity contribution in [2.45, 2.75) is 76.6 Å². The van der Waals surface area contributed by atoms with Crippen LogP contribution >= 0.6 is 0 Å². The van der Waals surface area contributed by atoms with Gasteiger partial charge in [-0.1, -0.05) is 51.9 Å². The molecule has 0 bridgehead atoms. The van der Waals surface area contributed by atoms with Gasteiger partial charge < -0.3 is 29.9 Å². The van der Waals surface area contributed by atoms with Crippen LogP contribution in [0.4, 0.5) is 0 Å². The van der Waals surface area contributed by atoms with Crippen molar-refractivity contribution in [2.24, 2.45) is 0 Å². The van der Waals surface area contributed by atoms with Crippen LogP contribution < -0.4 is 0 Å². The Morgan fingerprint density at radius 2 is 1.59 bits per heavy atom. The van der Waals surface area contributed by atoms with E-state index in [1.807, 2.05) is 0 Å². The highest BCUT2D eigenvalue weighted by atomic mass is 16.7.